The fourth-order valence-electron chi connectivity index (χ4n) is 2.29. The van der Waals surface area contributed by atoms with Crippen molar-refractivity contribution in [1.29, 1.82) is 0 Å². The van der Waals surface area contributed by atoms with Gasteiger partial charge in [0, 0.05) is 32.0 Å². The zero-order valence-electron chi connectivity index (χ0n) is 12.9. The van der Waals surface area contributed by atoms with E-state index in [0.717, 1.165) is 6.54 Å². The number of hydrogen-bond donors (Lipinski definition) is 1. The maximum atomic E-state index is 3.56. The van der Waals surface area contributed by atoms with E-state index < -0.39 is 0 Å². The van der Waals surface area contributed by atoms with Crippen molar-refractivity contribution in [2.75, 3.05) is 30.9 Å². The Hall–Kier alpha value is -1.96. The van der Waals surface area contributed by atoms with Gasteiger partial charge in [0.15, 0.2) is 0 Å². The van der Waals surface area contributed by atoms with Crippen LogP contribution in [0.1, 0.15) is 24.0 Å². The summed E-state index contributed by atoms with van der Waals surface area (Å²) in [6.45, 7) is 5.36. The molecule has 2 aromatic carbocycles. The predicted molar refractivity (Wildman–Crippen MR) is 88.9 cm³/mol. The fraction of sp³-hybridized carbons (Fsp3) is 0.333. The highest BCUT2D eigenvalue weighted by atomic mass is 15.1. The molecule has 0 amide bonds. The lowest BCUT2D eigenvalue weighted by Gasteiger charge is -2.18. The number of nitrogens with one attached hydrogen (secondary N) is 1. The first-order valence-corrected chi connectivity index (χ1v) is 7.14. The highest BCUT2D eigenvalue weighted by Gasteiger charge is 2.06. The van der Waals surface area contributed by atoms with Crippen LogP contribution in [0.3, 0.4) is 0 Å². The number of nitrogens with zero attached hydrogens (tertiary/aromatic N) is 1. The number of aryl methyl sites for hydroxylation is 1. The minimum Gasteiger partial charge on any atom is -0.384 e. The molecular weight excluding hydrogens is 244 g/mol. The van der Waals surface area contributed by atoms with E-state index in [1.165, 1.54) is 22.5 Å². The largest absolute Gasteiger partial charge is 0.384 e. The summed E-state index contributed by atoms with van der Waals surface area (Å²) in [6.07, 6.45) is 0. The van der Waals surface area contributed by atoms with E-state index in [0.29, 0.717) is 5.92 Å². The highest BCUT2D eigenvalue weighted by molar-refractivity contribution is 5.59. The standard InChI is InChI=1S/C18H24N2/c1-14-12-17(20(3)4)10-11-18(14)19-13-15(2)16-8-6-5-7-9-16/h5-12,15,19H,13H2,1-4H3. The molecule has 2 rings (SSSR count). The van der Waals surface area contributed by atoms with Crippen molar-refractivity contribution in [1.82, 2.24) is 0 Å². The van der Waals surface area contributed by atoms with Crippen molar-refractivity contribution < 1.29 is 0 Å². The van der Waals surface area contributed by atoms with E-state index in [-0.39, 0.29) is 0 Å². The summed E-state index contributed by atoms with van der Waals surface area (Å²) >= 11 is 0. The first-order valence-electron chi connectivity index (χ1n) is 7.14. The molecule has 1 atom stereocenters. The molecule has 2 heteroatoms. The molecule has 0 aromatic heterocycles. The van der Waals surface area contributed by atoms with Gasteiger partial charge >= 0.3 is 0 Å². The van der Waals surface area contributed by atoms with Gasteiger partial charge in [-0.25, -0.2) is 0 Å². The summed E-state index contributed by atoms with van der Waals surface area (Å²) in [5, 5.41) is 3.56. The van der Waals surface area contributed by atoms with Crippen LogP contribution in [0.2, 0.25) is 0 Å². The summed E-state index contributed by atoms with van der Waals surface area (Å²) in [6, 6.07) is 17.2. The Kier molecular flexibility index (Phi) is 4.67. The van der Waals surface area contributed by atoms with Gasteiger partial charge in [0.25, 0.3) is 0 Å². The van der Waals surface area contributed by atoms with Crippen LogP contribution >= 0.6 is 0 Å². The van der Waals surface area contributed by atoms with Crippen molar-refractivity contribution in [3.05, 3.63) is 59.7 Å². The summed E-state index contributed by atoms with van der Waals surface area (Å²) in [5.74, 6) is 0.504. The van der Waals surface area contributed by atoms with Gasteiger partial charge in [0.05, 0.1) is 0 Å². The van der Waals surface area contributed by atoms with Crippen molar-refractivity contribution >= 4 is 11.4 Å². The molecule has 0 aliphatic heterocycles. The summed E-state index contributed by atoms with van der Waals surface area (Å²) in [5.41, 5.74) is 5.13. The van der Waals surface area contributed by atoms with Crippen LogP contribution in [-0.2, 0) is 0 Å². The molecule has 0 aliphatic rings. The third-order valence-corrected chi connectivity index (χ3v) is 3.69. The second-order valence-corrected chi connectivity index (χ2v) is 5.59. The third-order valence-electron chi connectivity index (χ3n) is 3.69. The van der Waals surface area contributed by atoms with Crippen LogP contribution < -0.4 is 10.2 Å². The summed E-state index contributed by atoms with van der Waals surface area (Å²) < 4.78 is 0. The second-order valence-electron chi connectivity index (χ2n) is 5.59. The van der Waals surface area contributed by atoms with E-state index >= 15 is 0 Å². The van der Waals surface area contributed by atoms with Gasteiger partial charge in [-0.2, -0.15) is 0 Å². The number of rotatable bonds is 5. The van der Waals surface area contributed by atoms with E-state index in [2.05, 4.69) is 86.7 Å². The molecule has 0 heterocycles. The molecule has 106 valence electrons. The van der Waals surface area contributed by atoms with Gasteiger partial charge in [-0.15, -0.1) is 0 Å². The number of benzene rings is 2. The van der Waals surface area contributed by atoms with Crippen LogP contribution in [0.5, 0.6) is 0 Å². The van der Waals surface area contributed by atoms with Crippen molar-refractivity contribution in [2.45, 2.75) is 19.8 Å². The van der Waals surface area contributed by atoms with E-state index in [4.69, 9.17) is 0 Å². The molecule has 0 aliphatic carbocycles. The zero-order chi connectivity index (χ0) is 14.5. The molecule has 0 spiro atoms. The van der Waals surface area contributed by atoms with Gasteiger partial charge in [0.1, 0.15) is 0 Å². The Morgan fingerprint density at radius 2 is 1.75 bits per heavy atom. The van der Waals surface area contributed by atoms with Crippen LogP contribution in [0.4, 0.5) is 11.4 Å². The topological polar surface area (TPSA) is 15.3 Å². The molecule has 1 unspecified atom stereocenters. The quantitative estimate of drug-likeness (QED) is 0.871. The lowest BCUT2D eigenvalue weighted by Crippen LogP contribution is -2.12. The Bertz CT molecular complexity index is 547. The molecule has 0 radical (unpaired) electrons. The van der Waals surface area contributed by atoms with Gasteiger partial charge in [0.2, 0.25) is 0 Å². The first-order chi connectivity index (χ1) is 9.58. The maximum Gasteiger partial charge on any atom is 0.0371 e. The van der Waals surface area contributed by atoms with Crippen molar-refractivity contribution in [3.8, 4) is 0 Å². The predicted octanol–water partition coefficient (Wildman–Crippen LogP) is 4.28. The lowest BCUT2D eigenvalue weighted by molar-refractivity contribution is 0.804. The Balaban J connectivity index is 2.01. The molecule has 2 aromatic rings. The molecule has 0 saturated carbocycles. The number of anilines is 2. The molecule has 0 saturated heterocycles. The molecular formula is C18H24N2. The van der Waals surface area contributed by atoms with Crippen LogP contribution in [0, 0.1) is 6.92 Å². The normalized spacial score (nSPS) is 12.0. The number of hydrogen-bond acceptors (Lipinski definition) is 2. The average molecular weight is 268 g/mol. The monoisotopic (exact) mass is 268 g/mol. The van der Waals surface area contributed by atoms with Crippen molar-refractivity contribution in [3.63, 3.8) is 0 Å². The molecule has 2 nitrogen and oxygen atoms in total. The van der Waals surface area contributed by atoms with Gasteiger partial charge < -0.3 is 10.2 Å². The van der Waals surface area contributed by atoms with E-state index in [9.17, 15) is 0 Å². The molecule has 20 heavy (non-hydrogen) atoms. The minimum absolute atomic E-state index is 0.504. The smallest absolute Gasteiger partial charge is 0.0371 e. The SMILES string of the molecule is Cc1cc(N(C)C)ccc1NCC(C)c1ccccc1. The summed E-state index contributed by atoms with van der Waals surface area (Å²) in [4.78, 5) is 2.13. The van der Waals surface area contributed by atoms with Crippen LogP contribution in [0.25, 0.3) is 0 Å². The second kappa shape index (κ2) is 6.47. The van der Waals surface area contributed by atoms with Gasteiger partial charge in [-0.3, -0.25) is 0 Å². The Morgan fingerprint density at radius 1 is 1.05 bits per heavy atom. The van der Waals surface area contributed by atoms with E-state index in [1.807, 2.05) is 0 Å². The molecule has 0 fully saturated rings. The Morgan fingerprint density at radius 3 is 2.35 bits per heavy atom. The van der Waals surface area contributed by atoms with Gasteiger partial charge in [-0.05, 0) is 42.2 Å². The van der Waals surface area contributed by atoms with Crippen molar-refractivity contribution in [2.24, 2.45) is 0 Å². The third kappa shape index (κ3) is 3.53. The van der Waals surface area contributed by atoms with Crippen LogP contribution in [0.15, 0.2) is 48.5 Å². The fourth-order valence-corrected chi connectivity index (χ4v) is 2.29. The zero-order valence-corrected chi connectivity index (χ0v) is 12.9. The van der Waals surface area contributed by atoms with Crippen LogP contribution in [-0.4, -0.2) is 20.6 Å². The molecule has 0 bridgehead atoms. The first kappa shape index (κ1) is 14.4. The lowest BCUT2D eigenvalue weighted by atomic mass is 10.0. The van der Waals surface area contributed by atoms with E-state index in [1.54, 1.807) is 0 Å². The minimum atomic E-state index is 0.504. The summed E-state index contributed by atoms with van der Waals surface area (Å²) in [7, 11) is 4.14. The maximum absolute atomic E-state index is 3.56. The highest BCUT2D eigenvalue weighted by Crippen LogP contribution is 2.23. The van der Waals surface area contributed by atoms with Gasteiger partial charge in [-0.1, -0.05) is 37.3 Å². The average Bonchev–Trinajstić information content (AvgIpc) is 2.46. The Labute approximate surface area is 122 Å². The molecule has 1 N–H and O–H groups in total.